The van der Waals surface area contributed by atoms with Crippen LogP contribution >= 0.6 is 24.4 Å². The first kappa shape index (κ1) is 16.9. The number of benzene rings is 2. The Labute approximate surface area is 160 Å². The molecule has 0 amide bonds. The summed E-state index contributed by atoms with van der Waals surface area (Å²) in [6.45, 7) is 3.78. The van der Waals surface area contributed by atoms with E-state index in [1.165, 1.54) is 52.3 Å². The fourth-order valence-corrected chi connectivity index (χ4v) is 4.31. The Morgan fingerprint density at radius 1 is 1.28 bits per heavy atom. The molecule has 0 radical (unpaired) electrons. The molecular formula is C21H24N2S2. The summed E-state index contributed by atoms with van der Waals surface area (Å²) in [5.74, 6) is 0.904. The molecule has 4 rings (SSSR count). The molecule has 1 fully saturated rings. The van der Waals surface area contributed by atoms with Crippen LogP contribution in [0.25, 0.3) is 10.8 Å². The Bertz CT molecular complexity index is 853. The second-order valence-electron chi connectivity index (χ2n) is 7.33. The standard InChI is InChI=1S/C21H24N2S2/c1-13(24)22-8-6-17-12-15(10-14-2-3-14)11-16-4-5-19-18(20(16)17)7-9-23-21(19)25/h4-5,11-12,14H,2-3,6-10H2,1H3,(H,22,24)(H,23,25). The van der Waals surface area contributed by atoms with Crippen LogP contribution in [0.4, 0.5) is 0 Å². The zero-order valence-electron chi connectivity index (χ0n) is 14.7. The van der Waals surface area contributed by atoms with Crippen molar-refractivity contribution in [2.24, 2.45) is 5.92 Å². The minimum atomic E-state index is 0.867. The van der Waals surface area contributed by atoms with Crippen molar-refractivity contribution in [2.75, 3.05) is 13.1 Å². The maximum Gasteiger partial charge on any atom is 0.106 e. The summed E-state index contributed by atoms with van der Waals surface area (Å²) < 4.78 is 0. The van der Waals surface area contributed by atoms with Crippen molar-refractivity contribution in [3.8, 4) is 0 Å². The average molecular weight is 369 g/mol. The molecule has 1 aliphatic carbocycles. The Balaban J connectivity index is 1.79. The first-order chi connectivity index (χ1) is 12.1. The van der Waals surface area contributed by atoms with E-state index in [-0.39, 0.29) is 0 Å². The highest BCUT2D eigenvalue weighted by Crippen LogP contribution is 2.35. The van der Waals surface area contributed by atoms with Gasteiger partial charge in [0.2, 0.25) is 0 Å². The lowest BCUT2D eigenvalue weighted by atomic mass is 9.88. The summed E-state index contributed by atoms with van der Waals surface area (Å²) in [5.41, 5.74) is 5.57. The second-order valence-corrected chi connectivity index (χ2v) is 8.35. The van der Waals surface area contributed by atoms with Crippen LogP contribution in [-0.2, 0) is 19.3 Å². The van der Waals surface area contributed by atoms with Gasteiger partial charge in [0.1, 0.15) is 4.99 Å². The lowest BCUT2D eigenvalue weighted by Crippen LogP contribution is -2.31. The van der Waals surface area contributed by atoms with Crippen molar-refractivity contribution < 1.29 is 0 Å². The first-order valence-electron chi connectivity index (χ1n) is 9.22. The van der Waals surface area contributed by atoms with Crippen LogP contribution < -0.4 is 10.6 Å². The molecular weight excluding hydrogens is 344 g/mol. The Kier molecular flexibility index (Phi) is 4.74. The predicted molar refractivity (Wildman–Crippen MR) is 114 cm³/mol. The number of fused-ring (bicyclic) bond motifs is 3. The second kappa shape index (κ2) is 7.00. The van der Waals surface area contributed by atoms with Gasteiger partial charge < -0.3 is 10.6 Å². The number of thiocarbonyl (C=S) groups is 2. The van der Waals surface area contributed by atoms with Gasteiger partial charge in [-0.2, -0.15) is 0 Å². The van der Waals surface area contributed by atoms with E-state index in [1.54, 1.807) is 0 Å². The lowest BCUT2D eigenvalue weighted by Gasteiger charge is -2.23. The third-order valence-electron chi connectivity index (χ3n) is 5.26. The zero-order chi connectivity index (χ0) is 17.4. The van der Waals surface area contributed by atoms with Crippen LogP contribution in [0.3, 0.4) is 0 Å². The van der Waals surface area contributed by atoms with E-state index >= 15 is 0 Å². The maximum atomic E-state index is 5.54. The molecule has 1 saturated carbocycles. The van der Waals surface area contributed by atoms with E-state index in [0.717, 1.165) is 41.8 Å². The third-order valence-corrected chi connectivity index (χ3v) is 5.77. The molecule has 1 heterocycles. The molecule has 2 aromatic carbocycles. The fourth-order valence-electron chi connectivity index (χ4n) is 3.91. The Morgan fingerprint density at radius 2 is 2.12 bits per heavy atom. The molecule has 2 nitrogen and oxygen atoms in total. The molecule has 0 spiro atoms. The van der Waals surface area contributed by atoms with Gasteiger partial charge in [0.15, 0.2) is 0 Å². The van der Waals surface area contributed by atoms with Gasteiger partial charge in [0, 0.05) is 18.7 Å². The van der Waals surface area contributed by atoms with Gasteiger partial charge in [-0.05, 0) is 72.4 Å². The minimum Gasteiger partial charge on any atom is -0.380 e. The number of rotatable bonds is 5. The Morgan fingerprint density at radius 3 is 2.88 bits per heavy atom. The monoisotopic (exact) mass is 368 g/mol. The summed E-state index contributed by atoms with van der Waals surface area (Å²) in [4.78, 5) is 1.76. The highest BCUT2D eigenvalue weighted by atomic mass is 32.1. The van der Waals surface area contributed by atoms with Crippen molar-refractivity contribution in [1.29, 1.82) is 0 Å². The van der Waals surface area contributed by atoms with Crippen LogP contribution in [0.15, 0.2) is 24.3 Å². The van der Waals surface area contributed by atoms with Gasteiger partial charge >= 0.3 is 0 Å². The van der Waals surface area contributed by atoms with Gasteiger partial charge in [-0.3, -0.25) is 0 Å². The van der Waals surface area contributed by atoms with Gasteiger partial charge in [0.05, 0.1) is 4.99 Å². The lowest BCUT2D eigenvalue weighted by molar-refractivity contribution is 0.825. The summed E-state index contributed by atoms with van der Waals surface area (Å²) in [6, 6.07) is 9.30. The largest absolute Gasteiger partial charge is 0.380 e. The highest BCUT2D eigenvalue weighted by Gasteiger charge is 2.23. The third kappa shape index (κ3) is 3.70. The highest BCUT2D eigenvalue weighted by molar-refractivity contribution is 7.80. The number of nitrogens with one attached hydrogen (secondary N) is 2. The van der Waals surface area contributed by atoms with Crippen molar-refractivity contribution in [3.05, 3.63) is 46.5 Å². The average Bonchev–Trinajstić information content (AvgIpc) is 3.38. The molecule has 2 aliphatic rings. The minimum absolute atomic E-state index is 0.867. The fraction of sp³-hybridized carbons (Fsp3) is 0.429. The van der Waals surface area contributed by atoms with Crippen molar-refractivity contribution in [2.45, 2.75) is 39.0 Å². The SMILES string of the molecule is CC(=S)NCCc1cc(CC2CC2)cc2ccc3c(c12)CCNC3=S. The molecule has 2 aromatic rings. The number of hydrogen-bond donors (Lipinski definition) is 2. The van der Waals surface area contributed by atoms with Crippen LogP contribution in [0.5, 0.6) is 0 Å². The number of hydrogen-bond acceptors (Lipinski definition) is 2. The summed E-state index contributed by atoms with van der Waals surface area (Å²) in [6.07, 6.45) is 6.05. The molecule has 1 aliphatic heterocycles. The van der Waals surface area contributed by atoms with E-state index in [1.807, 2.05) is 6.92 Å². The molecule has 0 saturated heterocycles. The normalized spacial score (nSPS) is 16.4. The molecule has 0 aromatic heterocycles. The van der Waals surface area contributed by atoms with Gasteiger partial charge in [-0.1, -0.05) is 48.7 Å². The molecule has 0 unspecified atom stereocenters. The van der Waals surface area contributed by atoms with E-state index in [2.05, 4.69) is 34.9 Å². The van der Waals surface area contributed by atoms with Crippen LogP contribution in [-0.4, -0.2) is 23.1 Å². The van der Waals surface area contributed by atoms with Gasteiger partial charge in [-0.15, -0.1) is 0 Å². The molecule has 4 heteroatoms. The van der Waals surface area contributed by atoms with Crippen molar-refractivity contribution >= 4 is 45.2 Å². The summed E-state index contributed by atoms with van der Waals surface area (Å²) >= 11 is 10.7. The first-order valence-corrected chi connectivity index (χ1v) is 10.0. The van der Waals surface area contributed by atoms with Crippen molar-refractivity contribution in [1.82, 2.24) is 10.6 Å². The quantitative estimate of drug-likeness (QED) is 0.776. The molecule has 2 N–H and O–H groups in total. The van der Waals surface area contributed by atoms with Gasteiger partial charge in [0.25, 0.3) is 0 Å². The topological polar surface area (TPSA) is 24.1 Å². The zero-order valence-corrected chi connectivity index (χ0v) is 16.3. The summed E-state index contributed by atoms with van der Waals surface area (Å²) in [5, 5.41) is 9.43. The molecule has 130 valence electrons. The van der Waals surface area contributed by atoms with E-state index in [4.69, 9.17) is 24.4 Å². The van der Waals surface area contributed by atoms with E-state index in [0.29, 0.717) is 0 Å². The maximum absolute atomic E-state index is 5.54. The molecule has 0 bridgehead atoms. The van der Waals surface area contributed by atoms with E-state index < -0.39 is 0 Å². The molecule has 0 atom stereocenters. The Hall–Kier alpha value is -1.52. The van der Waals surface area contributed by atoms with Crippen molar-refractivity contribution in [3.63, 3.8) is 0 Å². The summed E-state index contributed by atoms with van der Waals surface area (Å²) in [7, 11) is 0. The molecule has 25 heavy (non-hydrogen) atoms. The smallest absolute Gasteiger partial charge is 0.106 e. The van der Waals surface area contributed by atoms with Crippen LogP contribution in [0.1, 0.15) is 42.0 Å². The van der Waals surface area contributed by atoms with Crippen LogP contribution in [0, 0.1) is 5.92 Å². The predicted octanol–water partition coefficient (Wildman–Crippen LogP) is 4.09. The van der Waals surface area contributed by atoms with Crippen LogP contribution in [0.2, 0.25) is 0 Å². The van der Waals surface area contributed by atoms with E-state index in [9.17, 15) is 0 Å². The van der Waals surface area contributed by atoms with Gasteiger partial charge in [-0.25, -0.2) is 0 Å².